The summed E-state index contributed by atoms with van der Waals surface area (Å²) in [5.74, 6) is -0.691. The summed E-state index contributed by atoms with van der Waals surface area (Å²) >= 11 is 7.29. The van der Waals surface area contributed by atoms with Crippen molar-refractivity contribution in [2.24, 2.45) is 0 Å². The number of hydrogen-bond donors (Lipinski definition) is 1. The summed E-state index contributed by atoms with van der Waals surface area (Å²) < 4.78 is 4.93. The van der Waals surface area contributed by atoms with Gasteiger partial charge in [-0.25, -0.2) is 0 Å². The maximum atomic E-state index is 11.6. The first-order valence-electron chi connectivity index (χ1n) is 6.82. The number of carbonyl (C=O) groups is 2. The third kappa shape index (κ3) is 5.87. The molecule has 2 aromatic rings. The highest BCUT2D eigenvalue weighted by atomic mass is 35.5. The summed E-state index contributed by atoms with van der Waals surface area (Å²) in [6.07, 6.45) is 0.905. The SMILES string of the molecule is O=C(COC(=O)Cc1cccs1)NCCc1ccc(Cl)cc1. The molecule has 0 unspecified atom stereocenters. The highest BCUT2D eigenvalue weighted by Crippen LogP contribution is 2.10. The highest BCUT2D eigenvalue weighted by Gasteiger charge is 2.08. The fourth-order valence-corrected chi connectivity index (χ4v) is 2.62. The van der Waals surface area contributed by atoms with E-state index in [0.29, 0.717) is 18.0 Å². The lowest BCUT2D eigenvalue weighted by molar-refractivity contribution is -0.147. The number of carbonyl (C=O) groups excluding carboxylic acids is 2. The van der Waals surface area contributed by atoms with Crippen LogP contribution in [-0.2, 0) is 27.2 Å². The monoisotopic (exact) mass is 337 g/mol. The van der Waals surface area contributed by atoms with E-state index >= 15 is 0 Å². The number of nitrogens with one attached hydrogen (secondary N) is 1. The fourth-order valence-electron chi connectivity index (χ4n) is 1.80. The van der Waals surface area contributed by atoms with Gasteiger partial charge in [0.25, 0.3) is 5.91 Å². The molecule has 116 valence electrons. The average Bonchev–Trinajstić information content (AvgIpc) is 3.00. The van der Waals surface area contributed by atoms with Crippen molar-refractivity contribution in [2.75, 3.05) is 13.2 Å². The van der Waals surface area contributed by atoms with Gasteiger partial charge in [0.15, 0.2) is 6.61 Å². The number of esters is 1. The summed E-state index contributed by atoms with van der Waals surface area (Å²) in [5.41, 5.74) is 1.08. The Kier molecular flexibility index (Phi) is 6.43. The van der Waals surface area contributed by atoms with E-state index in [4.69, 9.17) is 16.3 Å². The lowest BCUT2D eigenvalue weighted by Gasteiger charge is -2.06. The number of rotatable bonds is 7. The maximum absolute atomic E-state index is 11.6. The normalized spacial score (nSPS) is 10.2. The molecule has 6 heteroatoms. The van der Waals surface area contributed by atoms with E-state index in [9.17, 15) is 9.59 Å². The third-order valence-electron chi connectivity index (χ3n) is 2.91. The zero-order valence-corrected chi connectivity index (χ0v) is 13.5. The maximum Gasteiger partial charge on any atom is 0.311 e. The zero-order chi connectivity index (χ0) is 15.8. The molecular formula is C16H16ClNO3S. The summed E-state index contributed by atoms with van der Waals surface area (Å²) in [6.45, 7) is 0.244. The Hall–Kier alpha value is -1.85. The Labute approximate surface area is 138 Å². The molecular weight excluding hydrogens is 322 g/mol. The van der Waals surface area contributed by atoms with Crippen molar-refractivity contribution >= 4 is 34.8 Å². The van der Waals surface area contributed by atoms with E-state index in [1.807, 2.05) is 41.8 Å². The van der Waals surface area contributed by atoms with Gasteiger partial charge in [-0.3, -0.25) is 9.59 Å². The number of benzene rings is 1. The van der Waals surface area contributed by atoms with Gasteiger partial charge < -0.3 is 10.1 Å². The standard InChI is InChI=1S/C16H16ClNO3S/c17-13-5-3-12(4-6-13)7-8-18-15(19)11-21-16(20)10-14-2-1-9-22-14/h1-6,9H,7-8,10-11H2,(H,18,19). The molecule has 2 rings (SSSR count). The molecule has 0 radical (unpaired) electrons. The van der Waals surface area contributed by atoms with Gasteiger partial charge in [-0.05, 0) is 35.6 Å². The van der Waals surface area contributed by atoms with Gasteiger partial charge in [-0.2, -0.15) is 0 Å². The van der Waals surface area contributed by atoms with Crippen LogP contribution in [0.1, 0.15) is 10.4 Å². The van der Waals surface area contributed by atoms with Crippen LogP contribution in [-0.4, -0.2) is 25.0 Å². The van der Waals surface area contributed by atoms with Crippen LogP contribution in [0.25, 0.3) is 0 Å². The van der Waals surface area contributed by atoms with Gasteiger partial charge in [0.05, 0.1) is 6.42 Å². The predicted octanol–water partition coefficient (Wildman–Crippen LogP) is 2.85. The van der Waals surface area contributed by atoms with Crippen LogP contribution in [0.5, 0.6) is 0 Å². The largest absolute Gasteiger partial charge is 0.455 e. The number of amides is 1. The van der Waals surface area contributed by atoms with Crippen molar-refractivity contribution in [3.8, 4) is 0 Å². The van der Waals surface area contributed by atoms with Gasteiger partial charge in [0.2, 0.25) is 0 Å². The van der Waals surface area contributed by atoms with E-state index in [2.05, 4.69) is 5.32 Å². The van der Waals surface area contributed by atoms with Gasteiger partial charge in [-0.15, -0.1) is 11.3 Å². The molecule has 4 nitrogen and oxygen atoms in total. The Balaban J connectivity index is 1.61. The van der Waals surface area contributed by atoms with Crippen LogP contribution in [0, 0.1) is 0 Å². The van der Waals surface area contributed by atoms with Gasteiger partial charge >= 0.3 is 5.97 Å². The number of ether oxygens (including phenoxy) is 1. The highest BCUT2D eigenvalue weighted by molar-refractivity contribution is 7.10. The number of thiophene rings is 1. The first-order valence-corrected chi connectivity index (χ1v) is 8.08. The first-order chi connectivity index (χ1) is 10.6. The molecule has 0 fully saturated rings. The van der Waals surface area contributed by atoms with Crippen molar-refractivity contribution in [2.45, 2.75) is 12.8 Å². The molecule has 0 bridgehead atoms. The molecule has 0 aliphatic rings. The topological polar surface area (TPSA) is 55.4 Å². The van der Waals surface area contributed by atoms with Crippen LogP contribution in [0.2, 0.25) is 5.02 Å². The smallest absolute Gasteiger partial charge is 0.311 e. The van der Waals surface area contributed by atoms with E-state index < -0.39 is 5.97 Å². The summed E-state index contributed by atoms with van der Waals surface area (Å²) in [4.78, 5) is 24.0. The molecule has 1 aromatic heterocycles. The van der Waals surface area contributed by atoms with Crippen LogP contribution in [0.15, 0.2) is 41.8 Å². The summed E-state index contributed by atoms with van der Waals surface area (Å²) in [6, 6.07) is 11.2. The average molecular weight is 338 g/mol. The van der Waals surface area contributed by atoms with Crippen LogP contribution < -0.4 is 5.32 Å². The summed E-state index contributed by atoms with van der Waals surface area (Å²) in [5, 5.41) is 5.29. The van der Waals surface area contributed by atoms with Crippen LogP contribution >= 0.6 is 22.9 Å². The fraction of sp³-hybridized carbons (Fsp3) is 0.250. The molecule has 0 saturated carbocycles. The molecule has 0 saturated heterocycles. The lowest BCUT2D eigenvalue weighted by atomic mass is 10.1. The zero-order valence-electron chi connectivity index (χ0n) is 11.9. The second-order valence-corrected chi connectivity index (χ2v) is 6.11. The van der Waals surface area contributed by atoms with E-state index in [-0.39, 0.29) is 18.9 Å². The van der Waals surface area contributed by atoms with E-state index in [1.165, 1.54) is 11.3 Å². The van der Waals surface area contributed by atoms with Crippen molar-refractivity contribution < 1.29 is 14.3 Å². The molecule has 0 aliphatic carbocycles. The molecule has 1 aromatic carbocycles. The molecule has 1 amide bonds. The van der Waals surface area contributed by atoms with Crippen molar-refractivity contribution in [3.63, 3.8) is 0 Å². The Bertz CT molecular complexity index is 611. The first kappa shape index (κ1) is 16.5. The Morgan fingerprint density at radius 1 is 1.18 bits per heavy atom. The minimum absolute atomic E-state index is 0.204. The number of halogens is 1. The van der Waals surface area contributed by atoms with E-state index in [1.54, 1.807) is 0 Å². The van der Waals surface area contributed by atoms with Gasteiger partial charge in [0.1, 0.15) is 0 Å². The van der Waals surface area contributed by atoms with Crippen molar-refractivity contribution in [3.05, 3.63) is 57.2 Å². The molecule has 0 spiro atoms. The molecule has 0 aliphatic heterocycles. The van der Waals surface area contributed by atoms with Gasteiger partial charge in [-0.1, -0.05) is 29.8 Å². The minimum Gasteiger partial charge on any atom is -0.455 e. The molecule has 1 heterocycles. The Morgan fingerprint density at radius 2 is 1.95 bits per heavy atom. The second-order valence-electron chi connectivity index (χ2n) is 4.64. The van der Waals surface area contributed by atoms with Crippen molar-refractivity contribution in [1.29, 1.82) is 0 Å². The predicted molar refractivity (Wildman–Crippen MR) is 87.1 cm³/mol. The van der Waals surface area contributed by atoms with Crippen LogP contribution in [0.3, 0.4) is 0 Å². The molecule has 22 heavy (non-hydrogen) atoms. The van der Waals surface area contributed by atoms with Crippen LogP contribution in [0.4, 0.5) is 0 Å². The molecule has 1 N–H and O–H groups in total. The Morgan fingerprint density at radius 3 is 2.64 bits per heavy atom. The second kappa shape index (κ2) is 8.56. The van der Waals surface area contributed by atoms with Gasteiger partial charge in [0, 0.05) is 16.4 Å². The minimum atomic E-state index is -0.393. The molecule has 0 atom stereocenters. The third-order valence-corrected chi connectivity index (χ3v) is 4.04. The quantitative estimate of drug-likeness (QED) is 0.790. The lowest BCUT2D eigenvalue weighted by Crippen LogP contribution is -2.30. The van der Waals surface area contributed by atoms with Crippen molar-refractivity contribution in [1.82, 2.24) is 5.32 Å². The van der Waals surface area contributed by atoms with E-state index in [0.717, 1.165) is 10.4 Å². The number of hydrogen-bond acceptors (Lipinski definition) is 4. The summed E-state index contributed by atoms with van der Waals surface area (Å²) in [7, 11) is 0.